The molecule has 0 spiro atoms. The molecule has 3 aromatic rings. The first-order valence-electron chi connectivity index (χ1n) is 9.20. The molecule has 5 nitrogen and oxygen atoms in total. The second kappa shape index (κ2) is 8.48. The Hall–Kier alpha value is -2.79. The Balaban J connectivity index is 2.08. The van der Waals surface area contributed by atoms with Gasteiger partial charge in [0.25, 0.3) is 5.91 Å². The van der Waals surface area contributed by atoms with Crippen molar-refractivity contribution in [3.8, 4) is 22.7 Å². The van der Waals surface area contributed by atoms with Gasteiger partial charge in [-0.2, -0.15) is 5.10 Å². The minimum atomic E-state index is -0.178. The molecule has 0 aliphatic heterocycles. The number of nitrogens with one attached hydrogen (secondary N) is 1. The Morgan fingerprint density at radius 2 is 1.86 bits per heavy atom. The first kappa shape index (κ1) is 20.0. The maximum absolute atomic E-state index is 13.0. The number of aromatic nitrogens is 2. The van der Waals surface area contributed by atoms with E-state index in [1.165, 1.54) is 0 Å². The maximum Gasteiger partial charge on any atom is 0.270 e. The fourth-order valence-electron chi connectivity index (χ4n) is 2.72. The molecule has 1 amide bonds. The number of ether oxygens (including phenoxy) is 1. The molecule has 1 atom stereocenters. The van der Waals surface area contributed by atoms with E-state index in [-0.39, 0.29) is 11.9 Å². The normalized spacial score (nSPS) is 12.1. The quantitative estimate of drug-likeness (QED) is 0.638. The smallest absolute Gasteiger partial charge is 0.270 e. The zero-order valence-electron chi connectivity index (χ0n) is 16.4. The van der Waals surface area contributed by atoms with Gasteiger partial charge in [-0.25, -0.2) is 4.68 Å². The van der Waals surface area contributed by atoms with Crippen molar-refractivity contribution in [2.45, 2.75) is 26.8 Å². The fraction of sp³-hybridized carbons (Fsp3) is 0.273. The van der Waals surface area contributed by atoms with Crippen molar-refractivity contribution in [3.63, 3.8) is 0 Å². The van der Waals surface area contributed by atoms with Crippen LogP contribution in [0.2, 0.25) is 5.02 Å². The molecule has 3 rings (SSSR count). The Labute approximate surface area is 170 Å². The highest BCUT2D eigenvalue weighted by atomic mass is 35.5. The van der Waals surface area contributed by atoms with Crippen LogP contribution in [0.3, 0.4) is 0 Å². The van der Waals surface area contributed by atoms with Crippen molar-refractivity contribution in [3.05, 3.63) is 65.3 Å². The lowest BCUT2D eigenvalue weighted by molar-refractivity contribution is 0.0922. The number of rotatable bonds is 6. The molecule has 28 heavy (non-hydrogen) atoms. The SMILES string of the molecule is COc1cccc(-c2cc(C(=O)N[C@H](C)C(C)C)n(-c3cccc(Cl)c3)n2)c1. The summed E-state index contributed by atoms with van der Waals surface area (Å²) in [5, 5.41) is 8.31. The fourth-order valence-corrected chi connectivity index (χ4v) is 2.90. The lowest BCUT2D eigenvalue weighted by Gasteiger charge is -2.17. The number of methoxy groups -OCH3 is 1. The van der Waals surface area contributed by atoms with Crippen LogP contribution in [-0.4, -0.2) is 28.8 Å². The van der Waals surface area contributed by atoms with E-state index in [2.05, 4.69) is 24.3 Å². The van der Waals surface area contributed by atoms with Crippen LogP contribution in [0.5, 0.6) is 5.75 Å². The Bertz CT molecular complexity index is 981. The molecule has 0 saturated heterocycles. The number of benzene rings is 2. The van der Waals surface area contributed by atoms with E-state index in [4.69, 9.17) is 16.3 Å². The molecule has 146 valence electrons. The highest BCUT2D eigenvalue weighted by molar-refractivity contribution is 6.30. The molecule has 0 bridgehead atoms. The second-order valence-corrected chi connectivity index (χ2v) is 7.48. The minimum Gasteiger partial charge on any atom is -0.497 e. The summed E-state index contributed by atoms with van der Waals surface area (Å²) < 4.78 is 6.94. The van der Waals surface area contributed by atoms with Crippen molar-refractivity contribution >= 4 is 17.5 Å². The highest BCUT2D eigenvalue weighted by Crippen LogP contribution is 2.26. The molecule has 0 aliphatic carbocycles. The molecule has 1 N–H and O–H groups in total. The Morgan fingerprint density at radius 1 is 1.11 bits per heavy atom. The van der Waals surface area contributed by atoms with E-state index in [1.54, 1.807) is 30.0 Å². The van der Waals surface area contributed by atoms with Crippen LogP contribution in [0, 0.1) is 5.92 Å². The molecule has 0 radical (unpaired) electrons. The summed E-state index contributed by atoms with van der Waals surface area (Å²) in [5.74, 6) is 0.876. The van der Waals surface area contributed by atoms with Crippen LogP contribution in [0.1, 0.15) is 31.3 Å². The number of amides is 1. The summed E-state index contributed by atoms with van der Waals surface area (Å²) in [4.78, 5) is 13.0. The number of hydrogen-bond acceptors (Lipinski definition) is 3. The van der Waals surface area contributed by atoms with E-state index in [0.29, 0.717) is 22.3 Å². The van der Waals surface area contributed by atoms with Crippen LogP contribution < -0.4 is 10.1 Å². The van der Waals surface area contributed by atoms with Gasteiger partial charge in [-0.05, 0) is 49.2 Å². The molecule has 0 fully saturated rings. The van der Waals surface area contributed by atoms with Gasteiger partial charge in [-0.3, -0.25) is 4.79 Å². The largest absolute Gasteiger partial charge is 0.497 e. The third kappa shape index (κ3) is 4.37. The topological polar surface area (TPSA) is 56.1 Å². The minimum absolute atomic E-state index is 0.0375. The van der Waals surface area contributed by atoms with Gasteiger partial charge in [0.2, 0.25) is 0 Å². The second-order valence-electron chi connectivity index (χ2n) is 7.04. The summed E-state index contributed by atoms with van der Waals surface area (Å²) in [7, 11) is 1.62. The number of nitrogens with zero attached hydrogens (tertiary/aromatic N) is 2. The van der Waals surface area contributed by atoms with Crippen LogP contribution in [-0.2, 0) is 0 Å². The van der Waals surface area contributed by atoms with Gasteiger partial charge in [0.05, 0.1) is 18.5 Å². The number of hydrogen-bond donors (Lipinski definition) is 1. The number of carbonyl (C=O) groups is 1. The van der Waals surface area contributed by atoms with Crippen molar-refractivity contribution in [2.75, 3.05) is 7.11 Å². The van der Waals surface area contributed by atoms with Gasteiger partial charge >= 0.3 is 0 Å². The Morgan fingerprint density at radius 3 is 2.54 bits per heavy atom. The number of carbonyl (C=O) groups excluding carboxylic acids is 1. The molecule has 0 unspecified atom stereocenters. The number of halogens is 1. The molecule has 1 aromatic heterocycles. The van der Waals surface area contributed by atoms with Crippen molar-refractivity contribution < 1.29 is 9.53 Å². The van der Waals surface area contributed by atoms with Crippen LogP contribution in [0.4, 0.5) is 0 Å². The van der Waals surface area contributed by atoms with Crippen LogP contribution in [0.25, 0.3) is 16.9 Å². The zero-order chi connectivity index (χ0) is 20.3. The van der Waals surface area contributed by atoms with E-state index in [9.17, 15) is 4.79 Å². The molecule has 0 saturated carbocycles. The predicted octanol–water partition coefficient (Wildman–Crippen LogP) is 4.98. The van der Waals surface area contributed by atoms with E-state index in [1.807, 2.05) is 43.3 Å². The first-order valence-corrected chi connectivity index (χ1v) is 9.58. The van der Waals surface area contributed by atoms with E-state index in [0.717, 1.165) is 17.0 Å². The Kier molecular flexibility index (Phi) is 6.05. The van der Waals surface area contributed by atoms with Crippen LogP contribution >= 0.6 is 11.6 Å². The summed E-state index contributed by atoms with van der Waals surface area (Å²) in [6, 6.07) is 16.7. The average molecular weight is 398 g/mol. The molecular formula is C22H24ClN3O2. The van der Waals surface area contributed by atoms with E-state index < -0.39 is 0 Å². The van der Waals surface area contributed by atoms with Gasteiger partial charge in [-0.1, -0.05) is 43.6 Å². The summed E-state index contributed by atoms with van der Waals surface area (Å²) in [6.45, 7) is 6.13. The van der Waals surface area contributed by atoms with Crippen LogP contribution in [0.15, 0.2) is 54.6 Å². The third-order valence-electron chi connectivity index (χ3n) is 4.72. The van der Waals surface area contributed by atoms with Gasteiger partial charge in [0.1, 0.15) is 11.4 Å². The summed E-state index contributed by atoms with van der Waals surface area (Å²) in [6.07, 6.45) is 0. The molecule has 6 heteroatoms. The maximum atomic E-state index is 13.0. The summed E-state index contributed by atoms with van der Waals surface area (Å²) in [5.41, 5.74) is 2.73. The molecule has 0 aliphatic rings. The van der Waals surface area contributed by atoms with Crippen molar-refractivity contribution in [1.29, 1.82) is 0 Å². The molecule has 1 heterocycles. The van der Waals surface area contributed by atoms with Gasteiger partial charge in [0.15, 0.2) is 0 Å². The van der Waals surface area contributed by atoms with Crippen molar-refractivity contribution in [2.24, 2.45) is 5.92 Å². The summed E-state index contributed by atoms with van der Waals surface area (Å²) >= 11 is 6.16. The third-order valence-corrected chi connectivity index (χ3v) is 4.95. The predicted molar refractivity (Wildman–Crippen MR) is 112 cm³/mol. The van der Waals surface area contributed by atoms with Gasteiger partial charge in [0, 0.05) is 16.6 Å². The monoisotopic (exact) mass is 397 g/mol. The lowest BCUT2D eigenvalue weighted by atomic mass is 10.1. The standard InChI is InChI=1S/C22H24ClN3O2/c1-14(2)15(3)24-22(27)21-13-20(16-7-5-10-19(11-16)28-4)25-26(21)18-9-6-8-17(23)12-18/h5-15H,1-4H3,(H,24,27)/t15-/m1/s1. The lowest BCUT2D eigenvalue weighted by Crippen LogP contribution is -2.37. The van der Waals surface area contributed by atoms with E-state index >= 15 is 0 Å². The van der Waals surface area contributed by atoms with Gasteiger partial charge < -0.3 is 10.1 Å². The first-order chi connectivity index (χ1) is 13.4. The molecule has 2 aromatic carbocycles. The highest BCUT2D eigenvalue weighted by Gasteiger charge is 2.20. The van der Waals surface area contributed by atoms with Crippen molar-refractivity contribution in [1.82, 2.24) is 15.1 Å². The average Bonchev–Trinajstić information content (AvgIpc) is 3.13. The molecular weight excluding hydrogens is 374 g/mol. The zero-order valence-corrected chi connectivity index (χ0v) is 17.2. The van der Waals surface area contributed by atoms with Gasteiger partial charge in [-0.15, -0.1) is 0 Å².